The first-order chi connectivity index (χ1) is 8.29. The highest BCUT2D eigenvalue weighted by atomic mass is 16.5. The molecule has 0 aliphatic rings. The van der Waals surface area contributed by atoms with Crippen LogP contribution in [0.25, 0.3) is 0 Å². The van der Waals surface area contributed by atoms with Gasteiger partial charge in [0.25, 0.3) is 0 Å². The lowest BCUT2D eigenvalue weighted by Gasteiger charge is -2.04. The second-order valence-electron chi connectivity index (χ2n) is 3.81. The number of nitrogens with one attached hydrogen (secondary N) is 1. The average Bonchev–Trinajstić information content (AvgIpc) is 2.76. The van der Waals surface area contributed by atoms with Crippen molar-refractivity contribution in [1.82, 2.24) is 10.5 Å². The fraction of sp³-hybridized carbons (Fsp3) is 0.231. The summed E-state index contributed by atoms with van der Waals surface area (Å²) in [6.45, 7) is 3.14. The molecule has 2 aromatic rings. The lowest BCUT2D eigenvalue weighted by Crippen LogP contribution is -2.13. The fourth-order valence-corrected chi connectivity index (χ4v) is 1.60. The van der Waals surface area contributed by atoms with Gasteiger partial charge < -0.3 is 9.84 Å². The van der Waals surface area contributed by atoms with Crippen LogP contribution in [0.5, 0.6) is 0 Å². The number of aromatic nitrogens is 1. The summed E-state index contributed by atoms with van der Waals surface area (Å²) < 4.78 is 5.08. The Morgan fingerprint density at radius 3 is 2.88 bits per heavy atom. The third kappa shape index (κ3) is 2.92. The van der Waals surface area contributed by atoms with E-state index in [2.05, 4.69) is 16.5 Å². The maximum Gasteiger partial charge on any atom is 0.150 e. The smallest absolute Gasteiger partial charge is 0.150 e. The maximum atomic E-state index is 8.93. The van der Waals surface area contributed by atoms with Gasteiger partial charge in [0.15, 0.2) is 5.76 Å². The Hall–Kier alpha value is -2.12. The molecule has 0 amide bonds. The minimum Gasteiger partial charge on any atom is -0.360 e. The Bertz CT molecular complexity index is 540. The van der Waals surface area contributed by atoms with Crippen molar-refractivity contribution in [1.29, 1.82) is 5.26 Å². The molecule has 4 nitrogen and oxygen atoms in total. The Labute approximate surface area is 99.9 Å². The van der Waals surface area contributed by atoms with Gasteiger partial charge >= 0.3 is 0 Å². The molecule has 0 saturated carbocycles. The zero-order valence-electron chi connectivity index (χ0n) is 9.60. The number of aryl methyl sites for hydroxylation is 1. The summed E-state index contributed by atoms with van der Waals surface area (Å²) in [6, 6.07) is 11.6. The third-order valence-electron chi connectivity index (χ3n) is 2.43. The van der Waals surface area contributed by atoms with Crippen molar-refractivity contribution in [3.05, 3.63) is 52.9 Å². The van der Waals surface area contributed by atoms with E-state index < -0.39 is 0 Å². The summed E-state index contributed by atoms with van der Waals surface area (Å²) >= 11 is 0. The van der Waals surface area contributed by atoms with Crippen molar-refractivity contribution in [3.63, 3.8) is 0 Å². The molecule has 1 heterocycles. The number of rotatable bonds is 4. The molecule has 0 unspecified atom stereocenters. The molecule has 0 saturated heterocycles. The van der Waals surface area contributed by atoms with Crippen LogP contribution >= 0.6 is 0 Å². The lowest BCUT2D eigenvalue weighted by molar-refractivity contribution is 0.369. The van der Waals surface area contributed by atoms with Gasteiger partial charge in [-0.3, -0.25) is 0 Å². The number of hydrogen-bond donors (Lipinski definition) is 1. The van der Waals surface area contributed by atoms with Crippen molar-refractivity contribution in [2.24, 2.45) is 0 Å². The standard InChI is InChI=1S/C13H13N3O/c1-10-6-13(17-16-10)9-15-8-12-5-3-2-4-11(12)7-14/h2-6,15H,8-9H2,1H3. The number of nitrogens with zero attached hydrogens (tertiary/aromatic N) is 2. The highest BCUT2D eigenvalue weighted by molar-refractivity contribution is 5.37. The van der Waals surface area contributed by atoms with E-state index in [0.717, 1.165) is 17.0 Å². The molecule has 1 aromatic carbocycles. The van der Waals surface area contributed by atoms with Gasteiger partial charge in [0, 0.05) is 12.6 Å². The summed E-state index contributed by atoms with van der Waals surface area (Å²) in [5.74, 6) is 0.803. The molecule has 2 rings (SSSR count). The number of hydrogen-bond acceptors (Lipinski definition) is 4. The normalized spacial score (nSPS) is 10.1. The molecule has 17 heavy (non-hydrogen) atoms. The van der Waals surface area contributed by atoms with Crippen molar-refractivity contribution in [2.45, 2.75) is 20.0 Å². The van der Waals surface area contributed by atoms with Crippen molar-refractivity contribution < 1.29 is 4.52 Å². The molecule has 0 radical (unpaired) electrons. The first kappa shape index (κ1) is 11.4. The Balaban J connectivity index is 1.92. The zero-order chi connectivity index (χ0) is 12.1. The SMILES string of the molecule is Cc1cc(CNCc2ccccc2C#N)on1. The summed E-state index contributed by atoms with van der Waals surface area (Å²) in [7, 11) is 0. The molecule has 1 aromatic heterocycles. The first-order valence-electron chi connectivity index (χ1n) is 5.40. The van der Waals surface area contributed by atoms with Crippen LogP contribution in [0.3, 0.4) is 0 Å². The average molecular weight is 227 g/mol. The highest BCUT2D eigenvalue weighted by Gasteiger charge is 2.02. The van der Waals surface area contributed by atoms with E-state index in [-0.39, 0.29) is 0 Å². The highest BCUT2D eigenvalue weighted by Crippen LogP contribution is 2.07. The van der Waals surface area contributed by atoms with Gasteiger partial charge in [-0.05, 0) is 18.6 Å². The van der Waals surface area contributed by atoms with Crippen LogP contribution in [0, 0.1) is 18.3 Å². The summed E-state index contributed by atoms with van der Waals surface area (Å²) in [6.07, 6.45) is 0. The van der Waals surface area contributed by atoms with E-state index in [4.69, 9.17) is 9.78 Å². The van der Waals surface area contributed by atoms with E-state index in [1.807, 2.05) is 37.3 Å². The summed E-state index contributed by atoms with van der Waals surface area (Å²) in [5, 5.41) is 16.0. The van der Waals surface area contributed by atoms with Gasteiger partial charge in [0.2, 0.25) is 0 Å². The van der Waals surface area contributed by atoms with Crippen LogP contribution in [0.15, 0.2) is 34.9 Å². The topological polar surface area (TPSA) is 61.9 Å². The van der Waals surface area contributed by atoms with Crippen LogP contribution in [0.2, 0.25) is 0 Å². The molecule has 0 fully saturated rings. The van der Waals surface area contributed by atoms with Gasteiger partial charge in [-0.15, -0.1) is 0 Å². The largest absolute Gasteiger partial charge is 0.360 e. The van der Waals surface area contributed by atoms with Crippen LogP contribution in [0.1, 0.15) is 22.6 Å². The third-order valence-corrected chi connectivity index (χ3v) is 2.43. The van der Waals surface area contributed by atoms with E-state index in [0.29, 0.717) is 18.7 Å². The summed E-state index contributed by atoms with van der Waals surface area (Å²) in [4.78, 5) is 0. The Morgan fingerprint density at radius 2 is 2.18 bits per heavy atom. The van der Waals surface area contributed by atoms with E-state index in [1.54, 1.807) is 0 Å². The van der Waals surface area contributed by atoms with Crippen molar-refractivity contribution >= 4 is 0 Å². The number of benzene rings is 1. The molecular formula is C13H13N3O. The predicted molar refractivity (Wildman–Crippen MR) is 62.9 cm³/mol. The Morgan fingerprint density at radius 1 is 1.35 bits per heavy atom. The van der Waals surface area contributed by atoms with Gasteiger partial charge in [0.05, 0.1) is 23.9 Å². The van der Waals surface area contributed by atoms with E-state index >= 15 is 0 Å². The van der Waals surface area contributed by atoms with Gasteiger partial charge in [-0.1, -0.05) is 23.4 Å². The maximum absolute atomic E-state index is 8.93. The molecule has 0 atom stereocenters. The minimum atomic E-state index is 0.612. The van der Waals surface area contributed by atoms with Gasteiger partial charge in [-0.25, -0.2) is 0 Å². The van der Waals surface area contributed by atoms with Crippen LogP contribution in [-0.4, -0.2) is 5.16 Å². The summed E-state index contributed by atoms with van der Waals surface area (Å²) in [5.41, 5.74) is 2.57. The molecule has 0 spiro atoms. The van der Waals surface area contributed by atoms with Gasteiger partial charge in [0.1, 0.15) is 0 Å². The fourth-order valence-electron chi connectivity index (χ4n) is 1.60. The predicted octanol–water partition coefficient (Wildman–Crippen LogP) is 2.14. The zero-order valence-corrected chi connectivity index (χ0v) is 9.60. The van der Waals surface area contributed by atoms with E-state index in [9.17, 15) is 0 Å². The molecule has 0 bridgehead atoms. The van der Waals surface area contributed by atoms with Gasteiger partial charge in [-0.2, -0.15) is 5.26 Å². The minimum absolute atomic E-state index is 0.612. The van der Waals surface area contributed by atoms with Crippen LogP contribution in [0.4, 0.5) is 0 Å². The molecule has 0 aliphatic heterocycles. The van der Waals surface area contributed by atoms with Crippen molar-refractivity contribution in [2.75, 3.05) is 0 Å². The second kappa shape index (κ2) is 5.28. The second-order valence-corrected chi connectivity index (χ2v) is 3.81. The van der Waals surface area contributed by atoms with Crippen LogP contribution < -0.4 is 5.32 Å². The number of nitriles is 1. The molecule has 1 N–H and O–H groups in total. The lowest BCUT2D eigenvalue weighted by atomic mass is 10.1. The molecule has 0 aliphatic carbocycles. The quantitative estimate of drug-likeness (QED) is 0.869. The van der Waals surface area contributed by atoms with Crippen LogP contribution in [-0.2, 0) is 13.1 Å². The molecule has 4 heteroatoms. The monoisotopic (exact) mass is 227 g/mol. The molecule has 86 valence electrons. The Kier molecular flexibility index (Phi) is 3.53. The molecular weight excluding hydrogens is 214 g/mol. The first-order valence-corrected chi connectivity index (χ1v) is 5.40. The van der Waals surface area contributed by atoms with E-state index in [1.165, 1.54) is 0 Å². The van der Waals surface area contributed by atoms with Crippen molar-refractivity contribution in [3.8, 4) is 6.07 Å².